The van der Waals surface area contributed by atoms with E-state index in [2.05, 4.69) is 81.1 Å². The predicted molar refractivity (Wildman–Crippen MR) is 180 cm³/mol. The highest BCUT2D eigenvalue weighted by molar-refractivity contribution is 7.88. The quantitative estimate of drug-likeness (QED) is 0.199. The Morgan fingerprint density at radius 1 is 0.524 bits per heavy atom. The van der Waals surface area contributed by atoms with Gasteiger partial charge in [-0.2, -0.15) is 0 Å². The van der Waals surface area contributed by atoms with Crippen LogP contribution in [-0.2, 0) is 9.13 Å². The lowest BCUT2D eigenvalue weighted by atomic mass is 10.0. The third-order valence-electron chi connectivity index (χ3n) is 8.85. The molecule has 3 nitrogen and oxygen atoms in total. The third-order valence-corrected chi connectivity index (χ3v) is 15.0. The third kappa shape index (κ3) is 3.73. The molecule has 0 saturated heterocycles. The molecular formula is C37H35NO2P2. The summed E-state index contributed by atoms with van der Waals surface area (Å²) in [4.78, 5) is 2.25. The zero-order valence-electron chi connectivity index (χ0n) is 24.7. The Morgan fingerprint density at radius 2 is 0.929 bits per heavy atom. The molecule has 2 aliphatic heterocycles. The van der Waals surface area contributed by atoms with Crippen LogP contribution in [0.5, 0.6) is 0 Å². The molecule has 0 N–H and O–H groups in total. The summed E-state index contributed by atoms with van der Waals surface area (Å²) in [6.45, 7) is 10.7. The summed E-state index contributed by atoms with van der Waals surface area (Å²) in [6, 6.07) is 36.8. The van der Waals surface area contributed by atoms with E-state index in [1.165, 1.54) is 0 Å². The second-order valence-corrected chi connectivity index (χ2v) is 17.6. The average Bonchev–Trinajstić information content (AvgIpc) is 3.01. The van der Waals surface area contributed by atoms with Crippen molar-refractivity contribution in [2.24, 2.45) is 0 Å². The molecule has 2 aliphatic rings. The molecular weight excluding hydrogens is 552 g/mol. The van der Waals surface area contributed by atoms with Crippen molar-refractivity contribution in [3.8, 4) is 0 Å². The minimum absolute atomic E-state index is 0.287. The summed E-state index contributed by atoms with van der Waals surface area (Å²) in [5.74, 6) is 0.573. The molecule has 0 radical (unpaired) electrons. The number of benzene rings is 5. The van der Waals surface area contributed by atoms with Crippen molar-refractivity contribution in [2.75, 3.05) is 4.90 Å². The van der Waals surface area contributed by atoms with Gasteiger partial charge in [0.2, 0.25) is 0 Å². The average molecular weight is 588 g/mol. The van der Waals surface area contributed by atoms with E-state index in [4.69, 9.17) is 0 Å². The van der Waals surface area contributed by atoms with Crippen LogP contribution in [0.3, 0.4) is 0 Å². The maximum Gasteiger partial charge on any atom is 0.175 e. The largest absolute Gasteiger partial charge is 0.308 e. The fraction of sp³-hybridized carbons (Fsp3) is 0.189. The van der Waals surface area contributed by atoms with Crippen LogP contribution < -0.4 is 36.7 Å². The molecule has 5 aromatic rings. The summed E-state index contributed by atoms with van der Waals surface area (Å²) >= 11 is 0. The lowest BCUT2D eigenvalue weighted by Gasteiger charge is -2.45. The molecule has 2 unspecified atom stereocenters. The van der Waals surface area contributed by atoms with Crippen LogP contribution >= 0.6 is 14.3 Å². The molecule has 0 aliphatic carbocycles. The van der Waals surface area contributed by atoms with E-state index in [1.807, 2.05) is 67.6 Å². The second-order valence-electron chi connectivity index (χ2n) is 12.2. The van der Waals surface area contributed by atoms with Crippen molar-refractivity contribution < 1.29 is 9.13 Å². The minimum atomic E-state index is -3.33. The standard InChI is InChI=1S/C37H35NO2P2/c1-24(2)27-16-18-31-33(22-27)41(39,29-12-8-6-9-13-29)35-20-26(5)21-36-37(35)38(31)32-19-17-28(25(3)4)23-34(32)42(36,40)30-14-10-7-11-15-30/h6-25H,1-5H3. The SMILES string of the molecule is Cc1cc2c3c(c1)P(=O)(c1ccccc1)c1cc(C(C)C)ccc1N3c1ccc(C(C)C)cc1P2(=O)c1ccccc1. The van der Waals surface area contributed by atoms with Crippen molar-refractivity contribution in [3.63, 3.8) is 0 Å². The van der Waals surface area contributed by atoms with Gasteiger partial charge in [0, 0.05) is 31.8 Å². The van der Waals surface area contributed by atoms with Crippen LogP contribution in [-0.4, -0.2) is 0 Å². The van der Waals surface area contributed by atoms with Crippen molar-refractivity contribution in [3.05, 3.63) is 126 Å². The highest BCUT2D eigenvalue weighted by Gasteiger charge is 2.50. The highest BCUT2D eigenvalue weighted by Crippen LogP contribution is 2.60. The summed E-state index contributed by atoms with van der Waals surface area (Å²) in [5.41, 5.74) is 5.90. The normalized spacial score (nSPS) is 20.3. The number of hydrogen-bond donors (Lipinski definition) is 0. The van der Waals surface area contributed by atoms with Crippen LogP contribution in [0, 0.1) is 6.92 Å². The van der Waals surface area contributed by atoms with Crippen molar-refractivity contribution in [1.29, 1.82) is 0 Å². The molecule has 42 heavy (non-hydrogen) atoms. The van der Waals surface area contributed by atoms with Crippen LogP contribution in [0.4, 0.5) is 17.1 Å². The number of hydrogen-bond acceptors (Lipinski definition) is 3. The number of aryl methyl sites for hydroxylation is 1. The van der Waals surface area contributed by atoms with E-state index in [0.717, 1.165) is 65.6 Å². The molecule has 2 atom stereocenters. The van der Waals surface area contributed by atoms with Gasteiger partial charge in [-0.05, 0) is 71.8 Å². The maximum atomic E-state index is 15.9. The first-order chi connectivity index (χ1) is 20.2. The van der Waals surface area contributed by atoms with Gasteiger partial charge >= 0.3 is 0 Å². The van der Waals surface area contributed by atoms with Crippen LogP contribution in [0.25, 0.3) is 0 Å². The van der Waals surface area contributed by atoms with Crippen LogP contribution in [0.2, 0.25) is 0 Å². The Hall–Kier alpha value is -3.64. The molecule has 0 spiro atoms. The molecule has 0 amide bonds. The van der Waals surface area contributed by atoms with Gasteiger partial charge in [-0.1, -0.05) is 100 Å². The van der Waals surface area contributed by atoms with Crippen molar-refractivity contribution in [2.45, 2.75) is 46.5 Å². The molecule has 7 rings (SSSR count). The zero-order valence-corrected chi connectivity index (χ0v) is 26.5. The first-order valence-electron chi connectivity index (χ1n) is 14.7. The Kier molecular flexibility index (Phi) is 6.28. The van der Waals surface area contributed by atoms with Gasteiger partial charge in [0.05, 0.1) is 17.1 Å². The van der Waals surface area contributed by atoms with E-state index < -0.39 is 14.3 Å². The van der Waals surface area contributed by atoms with Gasteiger partial charge in [0.15, 0.2) is 14.3 Å². The van der Waals surface area contributed by atoms with E-state index in [1.54, 1.807) is 0 Å². The summed E-state index contributed by atoms with van der Waals surface area (Å²) in [7, 11) is -6.66. The van der Waals surface area contributed by atoms with Gasteiger partial charge in [-0.3, -0.25) is 0 Å². The van der Waals surface area contributed by atoms with E-state index in [9.17, 15) is 0 Å². The number of anilines is 3. The summed E-state index contributed by atoms with van der Waals surface area (Å²) in [6.07, 6.45) is 0. The summed E-state index contributed by atoms with van der Waals surface area (Å²) in [5, 5.41) is 4.84. The Balaban J connectivity index is 1.68. The van der Waals surface area contributed by atoms with Gasteiger partial charge in [-0.25, -0.2) is 0 Å². The molecule has 0 aromatic heterocycles. The fourth-order valence-corrected chi connectivity index (χ4v) is 13.0. The summed E-state index contributed by atoms with van der Waals surface area (Å²) < 4.78 is 31.9. The minimum Gasteiger partial charge on any atom is -0.308 e. The number of rotatable bonds is 4. The molecule has 210 valence electrons. The van der Waals surface area contributed by atoms with Crippen molar-refractivity contribution >= 4 is 63.2 Å². The molecule has 0 bridgehead atoms. The Bertz CT molecular complexity index is 1820. The fourth-order valence-electron chi connectivity index (χ4n) is 6.59. The molecule has 2 heterocycles. The zero-order chi connectivity index (χ0) is 29.4. The van der Waals surface area contributed by atoms with Crippen LogP contribution in [0.15, 0.2) is 109 Å². The van der Waals surface area contributed by atoms with Gasteiger partial charge < -0.3 is 14.0 Å². The van der Waals surface area contributed by atoms with Gasteiger partial charge in [0.25, 0.3) is 0 Å². The van der Waals surface area contributed by atoms with Crippen LogP contribution in [0.1, 0.15) is 56.2 Å². The lowest BCUT2D eigenvalue weighted by molar-refractivity contribution is 0.592. The molecule has 5 aromatic carbocycles. The highest BCUT2D eigenvalue weighted by atomic mass is 31.2. The topological polar surface area (TPSA) is 37.4 Å². The maximum absolute atomic E-state index is 15.9. The predicted octanol–water partition coefficient (Wildman–Crippen LogP) is 7.62. The van der Waals surface area contributed by atoms with E-state index in [0.29, 0.717) is 0 Å². The monoisotopic (exact) mass is 587 g/mol. The van der Waals surface area contributed by atoms with Gasteiger partial charge in [0.1, 0.15) is 0 Å². The lowest BCUT2D eigenvalue weighted by Crippen LogP contribution is -2.46. The molecule has 0 saturated carbocycles. The Morgan fingerprint density at radius 3 is 1.31 bits per heavy atom. The smallest absolute Gasteiger partial charge is 0.175 e. The number of fused-ring (bicyclic) bond motifs is 4. The van der Waals surface area contributed by atoms with E-state index >= 15 is 9.13 Å². The number of nitrogens with zero attached hydrogens (tertiary/aromatic N) is 1. The van der Waals surface area contributed by atoms with E-state index in [-0.39, 0.29) is 11.8 Å². The Labute approximate surface area is 249 Å². The second kappa shape index (κ2) is 9.70. The first kappa shape index (κ1) is 27.2. The molecule has 5 heteroatoms. The first-order valence-corrected chi connectivity index (χ1v) is 18.1. The molecule has 0 fully saturated rings. The van der Waals surface area contributed by atoms with Gasteiger partial charge in [-0.15, -0.1) is 0 Å². The van der Waals surface area contributed by atoms with Crippen molar-refractivity contribution in [1.82, 2.24) is 0 Å².